The summed E-state index contributed by atoms with van der Waals surface area (Å²) < 4.78 is 0. The Bertz CT molecular complexity index is 337. The predicted molar refractivity (Wildman–Crippen MR) is 71.3 cm³/mol. The first-order valence-electron chi connectivity index (χ1n) is 5.59. The summed E-state index contributed by atoms with van der Waals surface area (Å²) in [7, 11) is 0. The van der Waals surface area contributed by atoms with E-state index in [9.17, 15) is 4.79 Å². The van der Waals surface area contributed by atoms with E-state index in [4.69, 9.17) is 0 Å². The monoisotopic (exact) mass is 221 g/mol. The Morgan fingerprint density at radius 1 is 1.50 bits per heavy atom. The zero-order valence-electron chi connectivity index (χ0n) is 10.4. The number of benzene rings is 1. The Balaban J connectivity index is 0. The van der Waals surface area contributed by atoms with Gasteiger partial charge in [-0.3, -0.25) is 4.79 Å². The van der Waals surface area contributed by atoms with E-state index in [1.165, 1.54) is 18.1 Å². The molecule has 0 aliphatic rings. The van der Waals surface area contributed by atoms with E-state index in [1.807, 2.05) is 31.2 Å². The molecule has 0 bridgehead atoms. The summed E-state index contributed by atoms with van der Waals surface area (Å²) in [5.41, 5.74) is 2.31. The Morgan fingerprint density at radius 2 is 2.12 bits per heavy atom. The molecule has 0 fully saturated rings. The standard InChI is InChI=1S/C11H13NO.C3H8.H2/c1-3-11(13)12-8-10-6-4-5-9(2)7-10;1-3-2;/h3-7H,1,8H2,2H3,(H,12,13);3H2,1-2H3;1H. The third-order valence-electron chi connectivity index (χ3n) is 1.73. The van der Waals surface area contributed by atoms with Gasteiger partial charge in [-0.2, -0.15) is 0 Å². The zero-order chi connectivity index (χ0) is 12.4. The molecule has 1 rings (SSSR count). The van der Waals surface area contributed by atoms with Crippen molar-refractivity contribution >= 4 is 5.91 Å². The molecule has 0 heterocycles. The Kier molecular flexibility index (Phi) is 7.86. The molecule has 1 aromatic rings. The van der Waals surface area contributed by atoms with E-state index in [0.29, 0.717) is 6.54 Å². The van der Waals surface area contributed by atoms with E-state index < -0.39 is 0 Å². The molecule has 1 N–H and O–H groups in total. The second kappa shape index (κ2) is 8.72. The van der Waals surface area contributed by atoms with Crippen molar-refractivity contribution in [3.63, 3.8) is 0 Å². The molecule has 0 atom stereocenters. The summed E-state index contributed by atoms with van der Waals surface area (Å²) >= 11 is 0. The minimum Gasteiger partial charge on any atom is -0.348 e. The van der Waals surface area contributed by atoms with Crippen LogP contribution in [0.3, 0.4) is 0 Å². The zero-order valence-corrected chi connectivity index (χ0v) is 10.4. The van der Waals surface area contributed by atoms with Crippen LogP contribution in [0.25, 0.3) is 0 Å². The summed E-state index contributed by atoms with van der Waals surface area (Å²) in [5.74, 6) is -0.137. The fourth-order valence-corrected chi connectivity index (χ4v) is 1.08. The molecule has 1 amide bonds. The van der Waals surface area contributed by atoms with Crippen LogP contribution in [0.15, 0.2) is 36.9 Å². The van der Waals surface area contributed by atoms with Gasteiger partial charge in [-0.05, 0) is 18.6 Å². The molecular formula is C14H23NO. The smallest absolute Gasteiger partial charge is 0.243 e. The topological polar surface area (TPSA) is 29.1 Å². The Hall–Kier alpha value is -1.57. The molecule has 0 aliphatic carbocycles. The number of hydrogen-bond acceptors (Lipinski definition) is 1. The minimum absolute atomic E-state index is 0. The normalized spacial score (nSPS) is 8.69. The van der Waals surface area contributed by atoms with Crippen molar-refractivity contribution in [1.82, 2.24) is 5.32 Å². The van der Waals surface area contributed by atoms with E-state index in [-0.39, 0.29) is 7.33 Å². The highest BCUT2D eigenvalue weighted by Crippen LogP contribution is 2.02. The lowest BCUT2D eigenvalue weighted by Crippen LogP contribution is -2.19. The number of nitrogens with one attached hydrogen (secondary N) is 1. The van der Waals surface area contributed by atoms with Gasteiger partial charge in [0.05, 0.1) is 0 Å². The van der Waals surface area contributed by atoms with Crippen LogP contribution in [-0.2, 0) is 11.3 Å². The molecule has 2 nitrogen and oxygen atoms in total. The lowest BCUT2D eigenvalue weighted by atomic mass is 10.1. The number of carbonyl (C=O) groups is 1. The quantitative estimate of drug-likeness (QED) is 0.778. The fourth-order valence-electron chi connectivity index (χ4n) is 1.08. The van der Waals surface area contributed by atoms with Crippen molar-refractivity contribution in [3.05, 3.63) is 48.0 Å². The molecule has 1 aromatic carbocycles. The van der Waals surface area contributed by atoms with E-state index in [1.54, 1.807) is 0 Å². The highest BCUT2D eigenvalue weighted by Gasteiger charge is 1.95. The lowest BCUT2D eigenvalue weighted by molar-refractivity contribution is -0.116. The van der Waals surface area contributed by atoms with Crippen LogP contribution in [0.4, 0.5) is 0 Å². The first-order valence-corrected chi connectivity index (χ1v) is 5.59. The van der Waals surface area contributed by atoms with Crippen LogP contribution in [0.5, 0.6) is 0 Å². The van der Waals surface area contributed by atoms with Crippen LogP contribution < -0.4 is 5.32 Å². The molecule has 90 valence electrons. The van der Waals surface area contributed by atoms with E-state index in [0.717, 1.165) is 5.56 Å². The summed E-state index contributed by atoms with van der Waals surface area (Å²) in [6.07, 6.45) is 2.52. The van der Waals surface area contributed by atoms with Gasteiger partial charge in [0.15, 0.2) is 0 Å². The summed E-state index contributed by atoms with van der Waals surface area (Å²) in [4.78, 5) is 10.8. The van der Waals surface area contributed by atoms with Gasteiger partial charge >= 0.3 is 0 Å². The summed E-state index contributed by atoms with van der Waals surface area (Å²) in [6, 6.07) is 8.03. The minimum atomic E-state index is -0.137. The van der Waals surface area contributed by atoms with Crippen molar-refractivity contribution in [2.75, 3.05) is 0 Å². The van der Waals surface area contributed by atoms with Gasteiger partial charge in [0.1, 0.15) is 0 Å². The van der Waals surface area contributed by atoms with Crippen molar-refractivity contribution < 1.29 is 6.22 Å². The molecule has 0 radical (unpaired) electrons. The van der Waals surface area contributed by atoms with Gasteiger partial charge in [-0.1, -0.05) is 56.7 Å². The number of hydrogen-bond donors (Lipinski definition) is 1. The highest BCUT2D eigenvalue weighted by molar-refractivity contribution is 5.86. The highest BCUT2D eigenvalue weighted by atomic mass is 16.1. The van der Waals surface area contributed by atoms with Crippen LogP contribution in [0.1, 0.15) is 32.8 Å². The molecule has 0 aromatic heterocycles. The Morgan fingerprint density at radius 3 is 2.62 bits per heavy atom. The molecular weight excluding hydrogens is 198 g/mol. The SMILES string of the molecule is C=CC(=O)NCc1cccc(C)c1.CCC.[HH]. The third kappa shape index (κ3) is 6.82. The van der Waals surface area contributed by atoms with E-state index in [2.05, 4.69) is 25.7 Å². The average molecular weight is 221 g/mol. The van der Waals surface area contributed by atoms with Crippen LogP contribution in [-0.4, -0.2) is 5.91 Å². The van der Waals surface area contributed by atoms with Gasteiger partial charge in [-0.25, -0.2) is 0 Å². The maximum atomic E-state index is 10.8. The van der Waals surface area contributed by atoms with Gasteiger partial charge in [0, 0.05) is 7.97 Å². The number of aryl methyl sites for hydroxylation is 1. The molecule has 2 heteroatoms. The molecule has 0 spiro atoms. The lowest BCUT2D eigenvalue weighted by Gasteiger charge is -2.02. The molecule has 0 aliphatic heterocycles. The molecule has 16 heavy (non-hydrogen) atoms. The third-order valence-corrected chi connectivity index (χ3v) is 1.73. The van der Waals surface area contributed by atoms with Crippen LogP contribution >= 0.6 is 0 Å². The summed E-state index contributed by atoms with van der Waals surface area (Å²) in [6.45, 7) is 10.2. The first kappa shape index (κ1) is 14.4. The van der Waals surface area contributed by atoms with Crippen molar-refractivity contribution in [2.45, 2.75) is 33.7 Å². The fraction of sp³-hybridized carbons (Fsp3) is 0.357. The van der Waals surface area contributed by atoms with Gasteiger partial charge in [0.25, 0.3) is 0 Å². The van der Waals surface area contributed by atoms with Crippen molar-refractivity contribution in [1.29, 1.82) is 0 Å². The van der Waals surface area contributed by atoms with Gasteiger partial charge in [-0.15, -0.1) is 0 Å². The largest absolute Gasteiger partial charge is 0.348 e. The number of carbonyl (C=O) groups excluding carboxylic acids is 1. The second-order valence-electron chi connectivity index (χ2n) is 3.62. The number of amides is 1. The maximum absolute atomic E-state index is 10.8. The van der Waals surface area contributed by atoms with Crippen molar-refractivity contribution in [2.24, 2.45) is 0 Å². The van der Waals surface area contributed by atoms with Gasteiger partial charge in [0.2, 0.25) is 5.91 Å². The second-order valence-corrected chi connectivity index (χ2v) is 3.62. The van der Waals surface area contributed by atoms with Crippen LogP contribution in [0, 0.1) is 6.92 Å². The van der Waals surface area contributed by atoms with E-state index >= 15 is 0 Å². The summed E-state index contributed by atoms with van der Waals surface area (Å²) in [5, 5.41) is 2.72. The first-order chi connectivity index (χ1) is 7.63. The Labute approximate surface area is 99.9 Å². The number of rotatable bonds is 3. The van der Waals surface area contributed by atoms with Gasteiger partial charge < -0.3 is 5.32 Å². The molecule has 0 unspecified atom stereocenters. The van der Waals surface area contributed by atoms with Crippen molar-refractivity contribution in [3.8, 4) is 0 Å². The predicted octanol–water partition coefficient (Wildman–Crippen LogP) is 3.46. The maximum Gasteiger partial charge on any atom is 0.243 e. The molecule has 0 saturated carbocycles. The average Bonchev–Trinajstić information content (AvgIpc) is 2.27. The molecule has 0 saturated heterocycles. The van der Waals surface area contributed by atoms with Crippen LogP contribution in [0.2, 0.25) is 0 Å².